The van der Waals surface area contributed by atoms with Gasteiger partial charge in [-0.15, -0.1) is 0 Å². The van der Waals surface area contributed by atoms with Crippen molar-refractivity contribution in [3.63, 3.8) is 0 Å². The molecule has 1 aliphatic rings. The summed E-state index contributed by atoms with van der Waals surface area (Å²) in [6, 6.07) is 11.8. The average molecular weight is 405 g/mol. The summed E-state index contributed by atoms with van der Waals surface area (Å²) >= 11 is 0. The normalized spacial score (nSPS) is 17.1. The number of nitriles is 1. The Balaban J connectivity index is 1.48. The molecule has 156 valence electrons. The highest BCUT2D eigenvalue weighted by molar-refractivity contribution is 5.97. The minimum Gasteiger partial charge on any atom is -0.489 e. The molecule has 1 saturated heterocycles. The molecule has 1 aliphatic heterocycles. The Morgan fingerprint density at radius 3 is 2.87 bits per heavy atom. The maximum absolute atomic E-state index is 9.30. The highest BCUT2D eigenvalue weighted by Gasteiger charge is 2.27. The number of rotatable bonds is 6. The number of hydrogen-bond acceptors (Lipinski definition) is 5. The molecule has 2 aromatic heterocycles. The molecule has 0 aliphatic carbocycles. The third-order valence-electron chi connectivity index (χ3n) is 5.31. The van der Waals surface area contributed by atoms with E-state index >= 15 is 0 Å². The van der Waals surface area contributed by atoms with Crippen molar-refractivity contribution in [1.29, 1.82) is 5.26 Å². The first-order valence-corrected chi connectivity index (χ1v) is 10.4. The first-order valence-electron chi connectivity index (χ1n) is 10.4. The van der Waals surface area contributed by atoms with Crippen LogP contribution in [-0.4, -0.2) is 35.1 Å². The number of benzene rings is 1. The zero-order valence-electron chi connectivity index (χ0n) is 17.7. The molecule has 1 aromatic carbocycles. The fourth-order valence-corrected chi connectivity index (χ4v) is 3.76. The van der Waals surface area contributed by atoms with E-state index in [1.807, 2.05) is 51.2 Å². The van der Waals surface area contributed by atoms with Gasteiger partial charge in [0.15, 0.2) is 6.29 Å². The fourth-order valence-electron chi connectivity index (χ4n) is 3.76. The molecule has 3 heterocycles. The third kappa shape index (κ3) is 4.33. The van der Waals surface area contributed by atoms with Crippen LogP contribution in [0.5, 0.6) is 5.75 Å². The quantitative estimate of drug-likeness (QED) is 0.616. The Bertz CT molecular complexity index is 1070. The largest absolute Gasteiger partial charge is 0.489 e. The van der Waals surface area contributed by atoms with E-state index in [2.05, 4.69) is 11.1 Å². The molecule has 0 saturated carbocycles. The lowest BCUT2D eigenvalue weighted by Gasteiger charge is -2.32. The van der Waals surface area contributed by atoms with Crippen molar-refractivity contribution in [2.75, 3.05) is 13.2 Å². The predicted molar refractivity (Wildman–Crippen MR) is 115 cm³/mol. The number of ether oxygens (including phenoxy) is 3. The number of pyridine rings is 1. The Morgan fingerprint density at radius 2 is 2.13 bits per heavy atom. The molecule has 1 N–H and O–H groups in total. The Kier molecular flexibility index (Phi) is 5.76. The van der Waals surface area contributed by atoms with Crippen LogP contribution in [0.15, 0.2) is 36.5 Å². The van der Waals surface area contributed by atoms with Crippen LogP contribution in [0.25, 0.3) is 22.2 Å². The minimum absolute atomic E-state index is 0.154. The first kappa shape index (κ1) is 20.4. The summed E-state index contributed by atoms with van der Waals surface area (Å²) in [6.07, 6.45) is 4.91. The molecular formula is C24H27N3O3. The van der Waals surface area contributed by atoms with Crippen molar-refractivity contribution in [3.05, 3.63) is 47.8 Å². The van der Waals surface area contributed by atoms with E-state index in [0.717, 1.165) is 59.5 Å². The predicted octanol–water partition coefficient (Wildman–Crippen LogP) is 5.11. The van der Waals surface area contributed by atoms with Gasteiger partial charge in [-0.25, -0.2) is 4.98 Å². The molecular weight excluding hydrogens is 378 g/mol. The van der Waals surface area contributed by atoms with Crippen LogP contribution in [0.2, 0.25) is 0 Å². The van der Waals surface area contributed by atoms with Crippen LogP contribution in [-0.2, 0) is 9.47 Å². The first-order chi connectivity index (χ1) is 14.5. The van der Waals surface area contributed by atoms with Gasteiger partial charge in [0.25, 0.3) is 0 Å². The molecule has 0 spiro atoms. The molecule has 30 heavy (non-hydrogen) atoms. The van der Waals surface area contributed by atoms with Crippen molar-refractivity contribution in [2.45, 2.75) is 51.9 Å². The van der Waals surface area contributed by atoms with Crippen LogP contribution in [0.4, 0.5) is 0 Å². The van der Waals surface area contributed by atoms with Crippen molar-refractivity contribution in [3.8, 4) is 23.1 Å². The molecule has 1 atom stereocenters. The van der Waals surface area contributed by atoms with Crippen LogP contribution in [0, 0.1) is 18.3 Å². The number of para-hydroxylation sites is 1. The summed E-state index contributed by atoms with van der Waals surface area (Å²) in [7, 11) is 0. The number of nitrogens with one attached hydrogen (secondary N) is 1. The Labute approximate surface area is 176 Å². The molecule has 1 unspecified atom stereocenters. The average Bonchev–Trinajstić information content (AvgIpc) is 3.17. The van der Waals surface area contributed by atoms with E-state index in [-0.39, 0.29) is 6.29 Å². The van der Waals surface area contributed by atoms with E-state index in [4.69, 9.17) is 19.2 Å². The zero-order valence-corrected chi connectivity index (χ0v) is 17.7. The van der Waals surface area contributed by atoms with Gasteiger partial charge in [0, 0.05) is 23.8 Å². The summed E-state index contributed by atoms with van der Waals surface area (Å²) in [4.78, 5) is 7.95. The summed E-state index contributed by atoms with van der Waals surface area (Å²) in [5.41, 5.74) is 3.61. The lowest BCUT2D eigenvalue weighted by molar-refractivity contribution is -0.221. The molecule has 3 aromatic rings. The van der Waals surface area contributed by atoms with E-state index in [1.54, 1.807) is 6.07 Å². The van der Waals surface area contributed by atoms with Gasteiger partial charge in [0.05, 0.1) is 28.1 Å². The van der Waals surface area contributed by atoms with Gasteiger partial charge in [-0.3, -0.25) is 0 Å². The van der Waals surface area contributed by atoms with Gasteiger partial charge < -0.3 is 19.2 Å². The summed E-state index contributed by atoms with van der Waals surface area (Å²) in [5, 5.41) is 10.3. The molecule has 0 radical (unpaired) electrons. The summed E-state index contributed by atoms with van der Waals surface area (Å²) in [5.74, 6) is 0.734. The van der Waals surface area contributed by atoms with Crippen LogP contribution < -0.4 is 4.74 Å². The molecule has 1 fully saturated rings. The number of hydrogen-bond donors (Lipinski definition) is 1. The maximum Gasteiger partial charge on any atom is 0.158 e. The Hall–Kier alpha value is -2.88. The zero-order chi connectivity index (χ0) is 21.1. The molecule has 0 amide bonds. The highest BCUT2D eigenvalue weighted by atomic mass is 16.7. The van der Waals surface area contributed by atoms with Crippen LogP contribution >= 0.6 is 0 Å². The number of H-pyrrole nitrogens is 1. The standard InChI is InChI=1S/C24H27N3O3/c1-16-21(29-15-24(2,3)30-22-9-4-5-12-28-22)11-10-20(27-16)19-14-26-23-17(13-25)7-6-8-18(19)23/h6-8,10-11,14,22,26H,4-5,9,12,15H2,1-3H3. The lowest BCUT2D eigenvalue weighted by atomic mass is 10.1. The van der Waals surface area contributed by atoms with Crippen LogP contribution in [0.1, 0.15) is 44.4 Å². The lowest BCUT2D eigenvalue weighted by Crippen LogP contribution is -2.38. The van der Waals surface area contributed by atoms with E-state index < -0.39 is 5.60 Å². The number of aromatic nitrogens is 2. The molecule has 6 heteroatoms. The molecule has 6 nitrogen and oxygen atoms in total. The Morgan fingerprint density at radius 1 is 1.27 bits per heavy atom. The van der Waals surface area contributed by atoms with Crippen molar-refractivity contribution < 1.29 is 14.2 Å². The van der Waals surface area contributed by atoms with Gasteiger partial charge in [-0.2, -0.15) is 5.26 Å². The van der Waals surface area contributed by atoms with Crippen LogP contribution in [0.3, 0.4) is 0 Å². The van der Waals surface area contributed by atoms with E-state index in [1.165, 1.54) is 0 Å². The minimum atomic E-state index is -0.461. The maximum atomic E-state index is 9.30. The summed E-state index contributed by atoms with van der Waals surface area (Å²) < 4.78 is 17.8. The second kappa shape index (κ2) is 8.47. The van der Waals surface area contributed by atoms with E-state index in [9.17, 15) is 5.26 Å². The molecule has 0 bridgehead atoms. The van der Waals surface area contributed by atoms with Crippen molar-refractivity contribution >= 4 is 10.9 Å². The summed E-state index contributed by atoms with van der Waals surface area (Å²) in [6.45, 7) is 7.14. The van der Waals surface area contributed by atoms with E-state index in [0.29, 0.717) is 12.2 Å². The second-order valence-electron chi connectivity index (χ2n) is 8.28. The second-order valence-corrected chi connectivity index (χ2v) is 8.28. The topological polar surface area (TPSA) is 80.2 Å². The van der Waals surface area contributed by atoms with Gasteiger partial charge >= 0.3 is 0 Å². The number of fused-ring (bicyclic) bond motifs is 1. The fraction of sp³-hybridized carbons (Fsp3) is 0.417. The monoisotopic (exact) mass is 405 g/mol. The molecule has 4 rings (SSSR count). The number of aromatic amines is 1. The van der Waals surface area contributed by atoms with Gasteiger partial charge in [-0.05, 0) is 58.2 Å². The SMILES string of the molecule is Cc1nc(-c2c[nH]c3c(C#N)cccc23)ccc1OCC(C)(C)OC1CCCCO1. The van der Waals surface area contributed by atoms with Gasteiger partial charge in [0.2, 0.25) is 0 Å². The van der Waals surface area contributed by atoms with Crippen molar-refractivity contribution in [1.82, 2.24) is 9.97 Å². The van der Waals surface area contributed by atoms with Gasteiger partial charge in [0.1, 0.15) is 18.4 Å². The smallest absolute Gasteiger partial charge is 0.158 e. The third-order valence-corrected chi connectivity index (χ3v) is 5.31. The van der Waals surface area contributed by atoms with Crippen molar-refractivity contribution in [2.24, 2.45) is 0 Å². The highest BCUT2D eigenvalue weighted by Crippen LogP contribution is 2.31. The number of aryl methyl sites for hydroxylation is 1. The van der Waals surface area contributed by atoms with Gasteiger partial charge in [-0.1, -0.05) is 12.1 Å². The number of nitrogens with zero attached hydrogens (tertiary/aromatic N) is 2.